The van der Waals surface area contributed by atoms with Crippen LogP contribution < -0.4 is 11.5 Å². The standard InChI is InChI=1S/C9H11ClS.C7H15NO.C6H7N.2C2H6.CH5N.CH4/c1-7(2)8-3-5-9(11-10)6-4-8;1-3-8-4-5-9-6-7(8)2;7-6-4-2-1-3-5-6;3*1-2;/h3-7H,1-2H3;7H,3-6H2,1-2H3;1-5H,7H2;2*1-2H3;2H2,1H3;1H4. The summed E-state index contributed by atoms with van der Waals surface area (Å²) in [5, 5.41) is 0. The van der Waals surface area contributed by atoms with Crippen LogP contribution in [0.5, 0.6) is 0 Å². The quantitative estimate of drug-likeness (QED) is 0.402. The summed E-state index contributed by atoms with van der Waals surface area (Å²) in [6.45, 7) is 20.9. The molecule has 1 fully saturated rings. The second-order valence-electron chi connectivity index (χ2n) is 6.76. The summed E-state index contributed by atoms with van der Waals surface area (Å²) in [7, 11) is 8.34. The average Bonchev–Trinajstić information content (AvgIpc) is 2.89. The number of likely N-dealkylation sites (N-methyl/N-ethyl adjacent to an activating group) is 1. The fraction of sp³-hybridized carbons (Fsp3) is 0.571. The van der Waals surface area contributed by atoms with Crippen LogP contribution >= 0.6 is 21.7 Å². The number of nitrogen functional groups attached to an aromatic ring is 1. The molecule has 2 aromatic rings. The van der Waals surface area contributed by atoms with E-state index in [1.54, 1.807) is 0 Å². The first kappa shape index (κ1) is 40.0. The van der Waals surface area contributed by atoms with Gasteiger partial charge in [0.15, 0.2) is 0 Å². The Bertz CT molecular complexity index is 613. The lowest BCUT2D eigenvalue weighted by Crippen LogP contribution is -2.43. The van der Waals surface area contributed by atoms with E-state index in [1.807, 2.05) is 70.2 Å². The molecule has 4 N–H and O–H groups in total. The van der Waals surface area contributed by atoms with Crippen LogP contribution in [0.15, 0.2) is 59.5 Å². The third kappa shape index (κ3) is 21.3. The van der Waals surface area contributed by atoms with Crippen LogP contribution in [0.1, 0.15) is 74.3 Å². The highest BCUT2D eigenvalue weighted by Gasteiger charge is 2.15. The number of para-hydroxylation sites is 1. The Morgan fingerprint density at radius 1 is 1.00 bits per heavy atom. The predicted molar refractivity (Wildman–Crippen MR) is 160 cm³/mol. The van der Waals surface area contributed by atoms with E-state index in [0.29, 0.717) is 12.0 Å². The third-order valence-electron chi connectivity index (χ3n) is 4.35. The van der Waals surface area contributed by atoms with Crippen molar-refractivity contribution in [1.29, 1.82) is 0 Å². The lowest BCUT2D eigenvalue weighted by molar-refractivity contribution is 0.00245. The van der Waals surface area contributed by atoms with Crippen molar-refractivity contribution in [2.75, 3.05) is 39.1 Å². The highest BCUT2D eigenvalue weighted by Crippen LogP contribution is 2.23. The number of rotatable bonds is 3. The van der Waals surface area contributed by atoms with Crippen molar-refractivity contribution >= 4 is 27.3 Å². The number of benzene rings is 2. The van der Waals surface area contributed by atoms with Gasteiger partial charge in [0.25, 0.3) is 0 Å². The van der Waals surface area contributed by atoms with E-state index < -0.39 is 0 Å². The summed E-state index contributed by atoms with van der Waals surface area (Å²) in [5.41, 5.74) is 12.0. The molecule has 3 rings (SSSR count). The summed E-state index contributed by atoms with van der Waals surface area (Å²) in [6, 6.07) is 18.5. The van der Waals surface area contributed by atoms with Gasteiger partial charge in [-0.25, -0.2) is 0 Å². The molecular formula is C28H54ClN3OS. The molecule has 1 unspecified atom stereocenters. The van der Waals surface area contributed by atoms with Gasteiger partial charge < -0.3 is 16.2 Å². The lowest BCUT2D eigenvalue weighted by atomic mass is 10.0. The van der Waals surface area contributed by atoms with Gasteiger partial charge in [-0.1, -0.05) is 86.2 Å². The molecule has 1 aliphatic heterocycles. The van der Waals surface area contributed by atoms with Gasteiger partial charge in [-0.15, -0.1) is 0 Å². The molecule has 1 heterocycles. The molecule has 2 aromatic carbocycles. The molecule has 0 aromatic heterocycles. The summed E-state index contributed by atoms with van der Waals surface area (Å²) in [4.78, 5) is 3.54. The van der Waals surface area contributed by atoms with Crippen LogP contribution in [-0.4, -0.2) is 44.3 Å². The van der Waals surface area contributed by atoms with Crippen molar-refractivity contribution in [3.63, 3.8) is 0 Å². The van der Waals surface area contributed by atoms with Gasteiger partial charge in [-0.3, -0.25) is 4.90 Å². The first-order valence-corrected chi connectivity index (χ1v) is 13.7. The van der Waals surface area contributed by atoms with Crippen molar-refractivity contribution in [2.24, 2.45) is 5.73 Å². The molecule has 0 spiro atoms. The van der Waals surface area contributed by atoms with Crippen LogP contribution in [0.3, 0.4) is 0 Å². The number of halogens is 1. The molecule has 1 atom stereocenters. The van der Waals surface area contributed by atoms with Gasteiger partial charge in [0.05, 0.1) is 13.2 Å². The van der Waals surface area contributed by atoms with E-state index in [-0.39, 0.29) is 7.43 Å². The van der Waals surface area contributed by atoms with Crippen molar-refractivity contribution in [3.05, 3.63) is 60.2 Å². The van der Waals surface area contributed by atoms with Gasteiger partial charge >= 0.3 is 0 Å². The maximum atomic E-state index is 5.58. The van der Waals surface area contributed by atoms with Crippen molar-refractivity contribution in [2.45, 2.75) is 79.7 Å². The largest absolute Gasteiger partial charge is 0.399 e. The highest BCUT2D eigenvalue weighted by molar-refractivity contribution is 8.21. The average molecular weight is 516 g/mol. The molecule has 4 nitrogen and oxygen atoms in total. The van der Waals surface area contributed by atoms with Gasteiger partial charge in [-0.05, 0) is 77.9 Å². The number of anilines is 1. The molecule has 0 bridgehead atoms. The smallest absolute Gasteiger partial charge is 0.0619 e. The topological polar surface area (TPSA) is 64.5 Å². The van der Waals surface area contributed by atoms with Crippen molar-refractivity contribution in [1.82, 2.24) is 4.90 Å². The maximum Gasteiger partial charge on any atom is 0.0619 e. The first-order valence-electron chi connectivity index (χ1n) is 12.1. The summed E-state index contributed by atoms with van der Waals surface area (Å²) >= 11 is 0. The minimum absolute atomic E-state index is 0. The monoisotopic (exact) mass is 515 g/mol. The van der Waals surface area contributed by atoms with E-state index in [2.05, 4.69) is 50.5 Å². The lowest BCUT2D eigenvalue weighted by Gasteiger charge is -2.31. The molecule has 1 aliphatic rings. The Hall–Kier alpha value is -1.24. The normalized spacial score (nSPS) is 13.8. The number of hydrogen-bond donors (Lipinski definition) is 2. The van der Waals surface area contributed by atoms with Crippen LogP contribution in [0, 0.1) is 0 Å². The van der Waals surface area contributed by atoms with E-state index in [0.717, 1.165) is 36.9 Å². The van der Waals surface area contributed by atoms with Gasteiger partial charge in [0.2, 0.25) is 0 Å². The first-order chi connectivity index (χ1) is 16.0. The van der Waals surface area contributed by atoms with E-state index in [9.17, 15) is 0 Å². The van der Waals surface area contributed by atoms with Crippen LogP contribution in [0.25, 0.3) is 0 Å². The van der Waals surface area contributed by atoms with Gasteiger partial charge in [0.1, 0.15) is 0 Å². The summed E-state index contributed by atoms with van der Waals surface area (Å²) < 4.78 is 5.27. The van der Waals surface area contributed by atoms with E-state index in [4.69, 9.17) is 21.2 Å². The number of nitrogens with zero attached hydrogens (tertiary/aromatic N) is 1. The number of nitrogens with two attached hydrogens (primary N) is 2. The Morgan fingerprint density at radius 3 is 1.79 bits per heavy atom. The highest BCUT2D eigenvalue weighted by atomic mass is 35.7. The van der Waals surface area contributed by atoms with E-state index in [1.165, 1.54) is 23.6 Å². The maximum absolute atomic E-state index is 5.58. The summed E-state index contributed by atoms with van der Waals surface area (Å²) in [5.74, 6) is 0.601. The molecule has 0 aliphatic carbocycles. The molecule has 0 amide bonds. The Labute approximate surface area is 221 Å². The fourth-order valence-corrected chi connectivity index (χ4v) is 3.14. The van der Waals surface area contributed by atoms with Gasteiger partial charge in [-0.2, -0.15) is 0 Å². The number of ether oxygens (including phenoxy) is 1. The van der Waals surface area contributed by atoms with Crippen LogP contribution in [0.4, 0.5) is 5.69 Å². The molecular weight excluding hydrogens is 462 g/mol. The third-order valence-corrected chi connectivity index (χ3v) is 5.33. The Balaban J connectivity index is -0.000000179. The molecule has 6 heteroatoms. The number of hydrogen-bond acceptors (Lipinski definition) is 5. The second kappa shape index (κ2) is 29.8. The van der Waals surface area contributed by atoms with Crippen LogP contribution in [-0.2, 0) is 4.74 Å². The van der Waals surface area contributed by atoms with Crippen molar-refractivity contribution < 1.29 is 4.74 Å². The van der Waals surface area contributed by atoms with Gasteiger partial charge in [0, 0.05) is 23.2 Å². The molecule has 1 saturated heterocycles. The fourth-order valence-electron chi connectivity index (χ4n) is 2.59. The number of morpholine rings is 1. The minimum atomic E-state index is 0. The zero-order chi connectivity index (χ0) is 26.1. The molecule has 200 valence electrons. The minimum Gasteiger partial charge on any atom is -0.399 e. The molecule has 0 saturated carbocycles. The van der Waals surface area contributed by atoms with E-state index >= 15 is 0 Å². The summed E-state index contributed by atoms with van der Waals surface area (Å²) in [6.07, 6.45) is 0. The molecule has 0 radical (unpaired) electrons. The SMILES string of the molecule is C.CC.CC.CC(C)c1ccc(SCl)cc1.CCN1CCOCC1C.CN.Nc1ccccc1. The predicted octanol–water partition coefficient (Wildman–Crippen LogP) is 8.32. The van der Waals surface area contributed by atoms with Crippen LogP contribution in [0.2, 0.25) is 0 Å². The Morgan fingerprint density at radius 2 is 1.50 bits per heavy atom. The zero-order valence-electron chi connectivity index (χ0n) is 22.5. The van der Waals surface area contributed by atoms with Crippen molar-refractivity contribution in [3.8, 4) is 0 Å². The Kier molecular flexibility index (Phi) is 35.0. The zero-order valence-corrected chi connectivity index (χ0v) is 24.0. The molecule has 34 heavy (non-hydrogen) atoms. The second-order valence-corrected chi connectivity index (χ2v) is 7.85.